The first-order valence-corrected chi connectivity index (χ1v) is 10.3. The van der Waals surface area contributed by atoms with Gasteiger partial charge in [-0.25, -0.2) is 0 Å². The largest absolute Gasteiger partial charge is 0.352 e. The maximum absolute atomic E-state index is 12.5. The highest BCUT2D eigenvalue weighted by atomic mass is 16.1. The third-order valence-corrected chi connectivity index (χ3v) is 5.75. The summed E-state index contributed by atoms with van der Waals surface area (Å²) in [5, 5.41) is 3.12. The van der Waals surface area contributed by atoms with E-state index in [1.807, 2.05) is 0 Å². The van der Waals surface area contributed by atoms with Gasteiger partial charge in [-0.3, -0.25) is 4.79 Å². The monoisotopic (exact) mass is 365 g/mol. The summed E-state index contributed by atoms with van der Waals surface area (Å²) in [6, 6.07) is 17.4. The van der Waals surface area contributed by atoms with E-state index in [2.05, 4.69) is 74.6 Å². The molecule has 1 amide bonds. The highest BCUT2D eigenvalue weighted by molar-refractivity contribution is 5.78. The molecule has 1 aliphatic heterocycles. The molecule has 0 aromatic heterocycles. The normalized spacial score (nSPS) is 19.9. The fraction of sp³-hybridized carbons (Fsp3) is 0.458. The van der Waals surface area contributed by atoms with Gasteiger partial charge in [0.05, 0.1) is 13.1 Å². The molecule has 0 saturated carbocycles. The first kappa shape index (κ1) is 19.6. The second-order valence-electron chi connectivity index (χ2n) is 8.30. The smallest absolute Gasteiger partial charge is 0.223 e. The van der Waals surface area contributed by atoms with Gasteiger partial charge in [-0.05, 0) is 24.0 Å². The van der Waals surface area contributed by atoms with Crippen molar-refractivity contribution in [1.82, 2.24) is 5.32 Å². The predicted octanol–water partition coefficient (Wildman–Crippen LogP) is 3.23. The van der Waals surface area contributed by atoms with E-state index in [9.17, 15) is 4.79 Å². The van der Waals surface area contributed by atoms with Crippen molar-refractivity contribution in [3.8, 4) is 0 Å². The van der Waals surface area contributed by atoms with Gasteiger partial charge in [0.1, 0.15) is 6.54 Å². The van der Waals surface area contributed by atoms with E-state index in [0.29, 0.717) is 12.5 Å². The van der Waals surface area contributed by atoms with Crippen LogP contribution in [0.3, 0.4) is 0 Å². The number of quaternary nitrogens is 1. The Bertz CT molecular complexity index is 726. The van der Waals surface area contributed by atoms with Gasteiger partial charge >= 0.3 is 0 Å². The number of hydrogen-bond donors (Lipinski definition) is 2. The Kier molecular flexibility index (Phi) is 6.68. The minimum absolute atomic E-state index is 0.169. The molecule has 0 atom stereocenters. The Morgan fingerprint density at radius 2 is 1.59 bits per heavy atom. The summed E-state index contributed by atoms with van der Waals surface area (Å²) < 4.78 is 0. The summed E-state index contributed by atoms with van der Waals surface area (Å²) in [6.45, 7) is 10.4. The molecule has 0 unspecified atom stereocenters. The van der Waals surface area contributed by atoms with Crippen molar-refractivity contribution in [2.75, 3.05) is 13.1 Å². The SMILES string of the molecule is Cc1ccc(CNC(=O)C2CC[NH+](Cc3ccc(C(C)C)cc3)CC2)cc1. The maximum Gasteiger partial charge on any atom is 0.223 e. The van der Waals surface area contributed by atoms with Crippen LogP contribution in [0.2, 0.25) is 0 Å². The van der Waals surface area contributed by atoms with Crippen molar-refractivity contribution in [1.29, 1.82) is 0 Å². The van der Waals surface area contributed by atoms with Crippen LogP contribution in [0.15, 0.2) is 48.5 Å². The standard InChI is InChI=1S/C24H32N2O/c1-18(2)22-10-8-21(9-11-22)17-26-14-12-23(13-15-26)24(27)25-16-20-6-4-19(3)5-7-20/h4-11,18,23H,12-17H2,1-3H3,(H,25,27)/p+1. The average Bonchev–Trinajstić information content (AvgIpc) is 2.68. The van der Waals surface area contributed by atoms with Gasteiger partial charge in [0.2, 0.25) is 5.91 Å². The molecule has 27 heavy (non-hydrogen) atoms. The predicted molar refractivity (Wildman–Crippen MR) is 111 cm³/mol. The van der Waals surface area contributed by atoms with Crippen LogP contribution in [0.4, 0.5) is 0 Å². The number of carbonyl (C=O) groups is 1. The zero-order valence-corrected chi connectivity index (χ0v) is 16.9. The van der Waals surface area contributed by atoms with Crippen LogP contribution in [0.5, 0.6) is 0 Å². The van der Waals surface area contributed by atoms with Crippen LogP contribution in [-0.2, 0) is 17.9 Å². The fourth-order valence-corrected chi connectivity index (χ4v) is 3.81. The number of benzene rings is 2. The summed E-state index contributed by atoms with van der Waals surface area (Å²) >= 11 is 0. The Labute approximate surface area is 163 Å². The molecule has 1 fully saturated rings. The molecule has 3 heteroatoms. The van der Waals surface area contributed by atoms with Gasteiger partial charge in [0.25, 0.3) is 0 Å². The molecule has 1 heterocycles. The third-order valence-electron chi connectivity index (χ3n) is 5.75. The lowest BCUT2D eigenvalue weighted by Crippen LogP contribution is -3.11. The van der Waals surface area contributed by atoms with Crippen LogP contribution in [-0.4, -0.2) is 19.0 Å². The number of piperidine rings is 1. The Balaban J connectivity index is 1.42. The Hall–Kier alpha value is -2.13. The van der Waals surface area contributed by atoms with Gasteiger partial charge in [-0.15, -0.1) is 0 Å². The van der Waals surface area contributed by atoms with Crippen LogP contribution >= 0.6 is 0 Å². The lowest BCUT2D eigenvalue weighted by atomic mass is 9.95. The molecule has 3 nitrogen and oxygen atoms in total. The van der Waals surface area contributed by atoms with E-state index < -0.39 is 0 Å². The highest BCUT2D eigenvalue weighted by Crippen LogP contribution is 2.15. The number of hydrogen-bond acceptors (Lipinski definition) is 1. The summed E-state index contributed by atoms with van der Waals surface area (Å²) in [7, 11) is 0. The summed E-state index contributed by atoms with van der Waals surface area (Å²) in [5.41, 5.74) is 5.22. The Morgan fingerprint density at radius 3 is 2.19 bits per heavy atom. The van der Waals surface area contributed by atoms with Crippen LogP contribution in [0.25, 0.3) is 0 Å². The number of likely N-dealkylation sites (tertiary alicyclic amines) is 1. The van der Waals surface area contributed by atoms with E-state index in [-0.39, 0.29) is 11.8 Å². The second-order valence-corrected chi connectivity index (χ2v) is 8.30. The van der Waals surface area contributed by atoms with E-state index >= 15 is 0 Å². The second kappa shape index (κ2) is 9.18. The zero-order chi connectivity index (χ0) is 19.2. The van der Waals surface area contributed by atoms with E-state index in [0.717, 1.165) is 32.5 Å². The third kappa shape index (κ3) is 5.67. The minimum Gasteiger partial charge on any atom is -0.352 e. The van der Waals surface area contributed by atoms with Crippen LogP contribution in [0, 0.1) is 12.8 Å². The van der Waals surface area contributed by atoms with Gasteiger partial charge < -0.3 is 10.2 Å². The van der Waals surface area contributed by atoms with E-state index in [1.165, 1.54) is 22.3 Å². The Morgan fingerprint density at radius 1 is 1.00 bits per heavy atom. The molecule has 2 aromatic carbocycles. The molecule has 2 N–H and O–H groups in total. The zero-order valence-electron chi connectivity index (χ0n) is 16.9. The molecular weight excluding hydrogens is 332 g/mol. The quantitative estimate of drug-likeness (QED) is 0.810. The average molecular weight is 366 g/mol. The molecule has 3 rings (SSSR count). The number of carbonyl (C=O) groups excluding carboxylic acids is 1. The number of nitrogens with one attached hydrogen (secondary N) is 2. The molecule has 1 saturated heterocycles. The van der Waals surface area contributed by atoms with Gasteiger partial charge in [0, 0.05) is 30.9 Å². The van der Waals surface area contributed by atoms with Gasteiger partial charge in [0.15, 0.2) is 0 Å². The van der Waals surface area contributed by atoms with Crippen LogP contribution in [0.1, 0.15) is 54.9 Å². The first-order chi connectivity index (χ1) is 13.0. The topological polar surface area (TPSA) is 33.5 Å². The van der Waals surface area contributed by atoms with E-state index in [4.69, 9.17) is 0 Å². The first-order valence-electron chi connectivity index (χ1n) is 10.3. The molecule has 0 aliphatic carbocycles. The van der Waals surface area contributed by atoms with Gasteiger partial charge in [-0.1, -0.05) is 67.9 Å². The summed E-state index contributed by atoms with van der Waals surface area (Å²) in [5.74, 6) is 0.971. The van der Waals surface area contributed by atoms with Gasteiger partial charge in [-0.2, -0.15) is 0 Å². The maximum atomic E-state index is 12.5. The number of aryl methyl sites for hydroxylation is 1. The van der Waals surface area contributed by atoms with Crippen LogP contribution < -0.4 is 10.2 Å². The van der Waals surface area contributed by atoms with E-state index in [1.54, 1.807) is 4.90 Å². The van der Waals surface area contributed by atoms with Crippen molar-refractivity contribution in [2.45, 2.75) is 52.6 Å². The highest BCUT2D eigenvalue weighted by Gasteiger charge is 2.27. The number of amides is 1. The molecule has 2 aromatic rings. The lowest BCUT2D eigenvalue weighted by Gasteiger charge is -2.28. The van der Waals surface area contributed by atoms with Crippen molar-refractivity contribution in [3.05, 3.63) is 70.8 Å². The van der Waals surface area contributed by atoms with Crippen molar-refractivity contribution in [3.63, 3.8) is 0 Å². The summed E-state index contributed by atoms with van der Waals surface area (Å²) in [4.78, 5) is 14.1. The molecular formula is C24H33N2O+. The molecule has 0 radical (unpaired) electrons. The minimum atomic E-state index is 0.169. The lowest BCUT2D eigenvalue weighted by molar-refractivity contribution is -0.919. The molecule has 0 spiro atoms. The van der Waals surface area contributed by atoms with Crippen molar-refractivity contribution in [2.24, 2.45) is 5.92 Å². The van der Waals surface area contributed by atoms with Crippen molar-refractivity contribution >= 4 is 5.91 Å². The summed E-state index contributed by atoms with van der Waals surface area (Å²) in [6.07, 6.45) is 1.97. The molecule has 1 aliphatic rings. The molecule has 144 valence electrons. The molecule has 0 bridgehead atoms. The fourth-order valence-electron chi connectivity index (χ4n) is 3.81. The number of rotatable bonds is 6. The van der Waals surface area contributed by atoms with Crippen molar-refractivity contribution < 1.29 is 9.69 Å².